The Kier molecular flexibility index (Phi) is 7.27. The van der Waals surface area contributed by atoms with Crippen molar-refractivity contribution in [2.75, 3.05) is 32.5 Å². The maximum absolute atomic E-state index is 13.0. The van der Waals surface area contributed by atoms with Gasteiger partial charge < -0.3 is 20.4 Å². The van der Waals surface area contributed by atoms with E-state index >= 15 is 0 Å². The number of anilines is 1. The van der Waals surface area contributed by atoms with E-state index in [1.54, 1.807) is 44.2 Å². The van der Waals surface area contributed by atoms with E-state index in [0.29, 0.717) is 33.1 Å². The molecule has 1 aliphatic rings. The van der Waals surface area contributed by atoms with E-state index in [0.717, 1.165) is 29.9 Å². The Labute approximate surface area is 197 Å². The number of nitrogens with one attached hydrogen (secondary N) is 2. The highest BCUT2D eigenvalue weighted by Crippen LogP contribution is 2.23. The highest BCUT2D eigenvalue weighted by Gasteiger charge is 2.31. The van der Waals surface area contributed by atoms with Crippen molar-refractivity contribution >= 4 is 46.3 Å². The zero-order valence-corrected chi connectivity index (χ0v) is 20.6. The van der Waals surface area contributed by atoms with Crippen molar-refractivity contribution in [2.45, 2.75) is 38.8 Å². The zero-order valence-electron chi connectivity index (χ0n) is 19.0. The summed E-state index contributed by atoms with van der Waals surface area (Å²) in [6.45, 7) is 6.58. The van der Waals surface area contributed by atoms with Gasteiger partial charge >= 0.3 is 0 Å². The van der Waals surface area contributed by atoms with Crippen molar-refractivity contribution in [1.29, 1.82) is 0 Å². The van der Waals surface area contributed by atoms with Crippen LogP contribution in [0.4, 0.5) is 5.69 Å². The lowest BCUT2D eigenvalue weighted by molar-refractivity contribution is -0.120. The normalized spacial score (nSPS) is 16.3. The number of rotatable bonds is 6. The fraction of sp³-hybridized carbons (Fsp3) is 0.435. The second-order valence-electron chi connectivity index (χ2n) is 8.82. The van der Waals surface area contributed by atoms with E-state index in [2.05, 4.69) is 15.5 Å². The molecule has 1 aliphatic heterocycles. The van der Waals surface area contributed by atoms with Gasteiger partial charge in [0.1, 0.15) is 5.54 Å². The molecule has 2 N–H and O–H groups in total. The van der Waals surface area contributed by atoms with Gasteiger partial charge in [-0.3, -0.25) is 14.4 Å². The largest absolute Gasteiger partial charge is 0.337 e. The molecule has 32 heavy (non-hydrogen) atoms. The standard InChI is InChI=1S/C23H29ClN4O3S/c1-14-12-15(6-7-17(14)21(30)28-11-10-16(13-28)27(4)5)25-22(31)23(2,3)26-20(29)18-8-9-19(24)32-18/h6-9,12,16H,10-11,13H2,1-5H3,(H,25,31)(H,26,29). The molecule has 1 fully saturated rings. The minimum absolute atomic E-state index is 0.00642. The highest BCUT2D eigenvalue weighted by atomic mass is 35.5. The van der Waals surface area contributed by atoms with Gasteiger partial charge in [-0.25, -0.2) is 0 Å². The number of benzene rings is 1. The first-order valence-electron chi connectivity index (χ1n) is 10.4. The lowest BCUT2D eigenvalue weighted by Gasteiger charge is -2.25. The predicted molar refractivity (Wildman–Crippen MR) is 129 cm³/mol. The summed E-state index contributed by atoms with van der Waals surface area (Å²) in [4.78, 5) is 42.6. The highest BCUT2D eigenvalue weighted by molar-refractivity contribution is 7.18. The molecule has 172 valence electrons. The summed E-state index contributed by atoms with van der Waals surface area (Å²) in [6.07, 6.45) is 0.963. The zero-order chi connectivity index (χ0) is 23.6. The van der Waals surface area contributed by atoms with Gasteiger partial charge in [0, 0.05) is 30.4 Å². The summed E-state index contributed by atoms with van der Waals surface area (Å²) >= 11 is 7.04. The van der Waals surface area contributed by atoms with E-state index in [4.69, 9.17) is 11.6 Å². The fourth-order valence-corrected chi connectivity index (χ4v) is 4.56. The summed E-state index contributed by atoms with van der Waals surface area (Å²) in [7, 11) is 4.06. The van der Waals surface area contributed by atoms with Crippen LogP contribution in [0.3, 0.4) is 0 Å². The third-order valence-electron chi connectivity index (χ3n) is 5.69. The van der Waals surface area contributed by atoms with Gasteiger partial charge in [-0.2, -0.15) is 0 Å². The van der Waals surface area contributed by atoms with Gasteiger partial charge in [0.15, 0.2) is 0 Å². The van der Waals surface area contributed by atoms with Crippen LogP contribution < -0.4 is 10.6 Å². The van der Waals surface area contributed by atoms with Gasteiger partial charge in [0.05, 0.1) is 9.21 Å². The molecule has 7 nitrogen and oxygen atoms in total. The number of hydrogen-bond donors (Lipinski definition) is 2. The molecule has 0 aliphatic carbocycles. The first kappa shape index (κ1) is 24.2. The van der Waals surface area contributed by atoms with Crippen LogP contribution in [-0.2, 0) is 4.79 Å². The van der Waals surface area contributed by atoms with Crippen LogP contribution in [0.5, 0.6) is 0 Å². The average Bonchev–Trinajstić information content (AvgIpc) is 3.36. The maximum atomic E-state index is 13.0. The average molecular weight is 477 g/mol. The number of amides is 3. The molecular formula is C23H29ClN4O3S. The van der Waals surface area contributed by atoms with Crippen LogP contribution in [0.25, 0.3) is 0 Å². The molecule has 0 radical (unpaired) electrons. The molecule has 9 heteroatoms. The van der Waals surface area contributed by atoms with Crippen molar-refractivity contribution < 1.29 is 14.4 Å². The van der Waals surface area contributed by atoms with Gasteiger partial charge in [0.2, 0.25) is 5.91 Å². The molecule has 2 heterocycles. The summed E-state index contributed by atoms with van der Waals surface area (Å²) in [6, 6.07) is 8.88. The molecule has 2 aromatic rings. The lowest BCUT2D eigenvalue weighted by atomic mass is 10.0. The van der Waals surface area contributed by atoms with Crippen LogP contribution in [-0.4, -0.2) is 66.3 Å². The van der Waals surface area contributed by atoms with Gasteiger partial charge in [-0.05, 0) is 77.2 Å². The number of hydrogen-bond acceptors (Lipinski definition) is 5. The van der Waals surface area contributed by atoms with E-state index in [1.165, 1.54) is 0 Å². The number of thiophene rings is 1. The van der Waals surface area contributed by atoms with Crippen LogP contribution in [0.1, 0.15) is 45.9 Å². The van der Waals surface area contributed by atoms with E-state index in [9.17, 15) is 14.4 Å². The van der Waals surface area contributed by atoms with Gasteiger partial charge in [-0.15, -0.1) is 11.3 Å². The summed E-state index contributed by atoms with van der Waals surface area (Å²) in [5.41, 5.74) is 0.839. The number of likely N-dealkylation sites (tertiary alicyclic amines) is 1. The predicted octanol–water partition coefficient (Wildman–Crippen LogP) is 3.63. The number of nitrogens with zero attached hydrogens (tertiary/aromatic N) is 2. The molecule has 0 spiro atoms. The first-order valence-corrected chi connectivity index (χ1v) is 11.6. The molecule has 3 amide bonds. The van der Waals surface area contributed by atoms with E-state index < -0.39 is 5.54 Å². The number of aryl methyl sites for hydroxylation is 1. The third-order valence-corrected chi connectivity index (χ3v) is 6.92. The molecule has 1 atom stereocenters. The SMILES string of the molecule is Cc1cc(NC(=O)C(C)(C)NC(=O)c2ccc(Cl)s2)ccc1C(=O)N1CCC(N(C)C)C1. The van der Waals surface area contributed by atoms with Gasteiger partial charge in [-0.1, -0.05) is 11.6 Å². The minimum atomic E-state index is -1.15. The minimum Gasteiger partial charge on any atom is -0.337 e. The third kappa shape index (κ3) is 5.49. The Hall–Kier alpha value is -2.42. The number of halogens is 1. The Morgan fingerprint density at radius 1 is 1.19 bits per heavy atom. The molecular weight excluding hydrogens is 448 g/mol. The van der Waals surface area contributed by atoms with Crippen molar-refractivity contribution in [1.82, 2.24) is 15.1 Å². The molecule has 1 saturated heterocycles. The lowest BCUT2D eigenvalue weighted by Crippen LogP contribution is -2.52. The number of likely N-dealkylation sites (N-methyl/N-ethyl adjacent to an activating group) is 1. The molecule has 3 rings (SSSR count). The quantitative estimate of drug-likeness (QED) is 0.667. The van der Waals surface area contributed by atoms with Crippen molar-refractivity contribution in [2.24, 2.45) is 0 Å². The molecule has 0 saturated carbocycles. The summed E-state index contributed by atoms with van der Waals surface area (Å²) in [5.74, 6) is -0.715. The maximum Gasteiger partial charge on any atom is 0.262 e. The van der Waals surface area contributed by atoms with Crippen LogP contribution >= 0.6 is 22.9 Å². The van der Waals surface area contributed by atoms with E-state index in [1.807, 2.05) is 25.9 Å². The second kappa shape index (κ2) is 9.60. The topological polar surface area (TPSA) is 81.8 Å². The number of carbonyl (C=O) groups is 3. The Balaban J connectivity index is 1.65. The Morgan fingerprint density at radius 3 is 2.47 bits per heavy atom. The number of carbonyl (C=O) groups excluding carboxylic acids is 3. The Bertz CT molecular complexity index is 1030. The van der Waals surface area contributed by atoms with Crippen molar-refractivity contribution in [3.05, 3.63) is 50.7 Å². The smallest absolute Gasteiger partial charge is 0.262 e. The monoisotopic (exact) mass is 476 g/mol. The van der Waals surface area contributed by atoms with Crippen molar-refractivity contribution in [3.63, 3.8) is 0 Å². The van der Waals surface area contributed by atoms with Crippen molar-refractivity contribution in [3.8, 4) is 0 Å². The summed E-state index contributed by atoms with van der Waals surface area (Å²) < 4.78 is 0.508. The molecule has 1 aromatic heterocycles. The van der Waals surface area contributed by atoms with Crippen LogP contribution in [0.15, 0.2) is 30.3 Å². The first-order chi connectivity index (χ1) is 15.0. The fourth-order valence-electron chi connectivity index (χ4n) is 3.63. The molecule has 0 bridgehead atoms. The summed E-state index contributed by atoms with van der Waals surface area (Å²) in [5, 5.41) is 5.57. The molecule has 1 unspecified atom stereocenters. The second-order valence-corrected chi connectivity index (χ2v) is 10.5. The molecule has 1 aromatic carbocycles. The van der Waals surface area contributed by atoms with E-state index in [-0.39, 0.29) is 17.7 Å². The Morgan fingerprint density at radius 2 is 1.91 bits per heavy atom. The van der Waals surface area contributed by atoms with Crippen LogP contribution in [0, 0.1) is 6.92 Å². The van der Waals surface area contributed by atoms with Crippen LogP contribution in [0.2, 0.25) is 4.34 Å². The van der Waals surface area contributed by atoms with Gasteiger partial charge in [0.25, 0.3) is 11.8 Å².